The van der Waals surface area contributed by atoms with Gasteiger partial charge in [0.2, 0.25) is 0 Å². The molecule has 0 unspecified atom stereocenters. The van der Waals surface area contributed by atoms with E-state index in [1.54, 1.807) is 6.20 Å². The van der Waals surface area contributed by atoms with Gasteiger partial charge in [0, 0.05) is 19.0 Å². The van der Waals surface area contributed by atoms with Gasteiger partial charge >= 0.3 is 0 Å². The quantitative estimate of drug-likeness (QED) is 0.716. The lowest BCUT2D eigenvalue weighted by Crippen LogP contribution is -2.05. The first-order valence-corrected chi connectivity index (χ1v) is 5.16. The molecule has 2 heteroatoms. The van der Waals surface area contributed by atoms with E-state index < -0.39 is 0 Å². The SMILES string of the molecule is CCCCC(=O)Cc1ncccc1C. The van der Waals surface area contributed by atoms with Gasteiger partial charge in [0.25, 0.3) is 0 Å². The lowest BCUT2D eigenvalue weighted by Gasteiger charge is -2.02. The number of carbonyl (C=O) groups excluding carboxylic acids is 1. The molecule has 0 aliphatic carbocycles. The maximum atomic E-state index is 11.5. The van der Waals surface area contributed by atoms with Gasteiger partial charge in [-0.25, -0.2) is 0 Å². The second kappa shape index (κ2) is 5.53. The molecule has 0 saturated heterocycles. The van der Waals surface area contributed by atoms with Crippen molar-refractivity contribution in [3.8, 4) is 0 Å². The third-order valence-corrected chi connectivity index (χ3v) is 2.29. The molecule has 1 aromatic rings. The number of aromatic nitrogens is 1. The van der Waals surface area contributed by atoms with E-state index in [0.29, 0.717) is 18.6 Å². The van der Waals surface area contributed by atoms with E-state index in [4.69, 9.17) is 0 Å². The number of carbonyl (C=O) groups is 1. The van der Waals surface area contributed by atoms with Gasteiger partial charge in [0.1, 0.15) is 5.78 Å². The normalized spacial score (nSPS) is 10.1. The van der Waals surface area contributed by atoms with Crippen LogP contribution in [0.15, 0.2) is 18.3 Å². The molecule has 0 fully saturated rings. The van der Waals surface area contributed by atoms with Gasteiger partial charge in [-0.1, -0.05) is 19.4 Å². The maximum Gasteiger partial charge on any atom is 0.138 e. The summed E-state index contributed by atoms with van der Waals surface area (Å²) in [5.41, 5.74) is 2.03. The van der Waals surface area contributed by atoms with Crippen molar-refractivity contribution in [1.82, 2.24) is 4.98 Å². The fourth-order valence-electron chi connectivity index (χ4n) is 1.35. The van der Waals surface area contributed by atoms with Gasteiger partial charge in [-0.2, -0.15) is 0 Å². The number of Topliss-reactive ketones (excluding diaryl/α,β-unsaturated/α-hetero) is 1. The second-order valence-corrected chi connectivity index (χ2v) is 3.59. The Morgan fingerprint density at radius 2 is 2.29 bits per heavy atom. The number of pyridine rings is 1. The lowest BCUT2D eigenvalue weighted by atomic mass is 10.1. The van der Waals surface area contributed by atoms with Gasteiger partial charge in [0.05, 0.1) is 5.69 Å². The van der Waals surface area contributed by atoms with E-state index in [-0.39, 0.29) is 0 Å². The predicted octanol–water partition coefficient (Wildman–Crippen LogP) is 2.69. The average molecular weight is 191 g/mol. The van der Waals surface area contributed by atoms with Gasteiger partial charge in [-0.15, -0.1) is 0 Å². The first-order chi connectivity index (χ1) is 6.74. The smallest absolute Gasteiger partial charge is 0.138 e. The third-order valence-electron chi connectivity index (χ3n) is 2.29. The van der Waals surface area contributed by atoms with Crippen molar-refractivity contribution in [1.29, 1.82) is 0 Å². The predicted molar refractivity (Wildman–Crippen MR) is 57.2 cm³/mol. The fraction of sp³-hybridized carbons (Fsp3) is 0.500. The highest BCUT2D eigenvalue weighted by atomic mass is 16.1. The Hall–Kier alpha value is -1.18. The summed E-state index contributed by atoms with van der Waals surface area (Å²) in [5.74, 6) is 0.300. The summed E-state index contributed by atoms with van der Waals surface area (Å²) in [7, 11) is 0. The minimum absolute atomic E-state index is 0.300. The van der Waals surface area contributed by atoms with Crippen LogP contribution in [0.5, 0.6) is 0 Å². The van der Waals surface area contributed by atoms with Crippen molar-refractivity contribution in [3.05, 3.63) is 29.6 Å². The summed E-state index contributed by atoms with van der Waals surface area (Å²) in [5, 5.41) is 0. The molecule has 0 N–H and O–H groups in total. The number of rotatable bonds is 5. The molecule has 14 heavy (non-hydrogen) atoms. The molecule has 0 radical (unpaired) electrons. The van der Waals surface area contributed by atoms with Crippen molar-refractivity contribution in [2.45, 2.75) is 39.5 Å². The first-order valence-electron chi connectivity index (χ1n) is 5.16. The molecule has 0 saturated carbocycles. The van der Waals surface area contributed by atoms with Crippen molar-refractivity contribution in [3.63, 3.8) is 0 Å². The summed E-state index contributed by atoms with van der Waals surface area (Å²) >= 11 is 0. The molecule has 76 valence electrons. The zero-order valence-corrected chi connectivity index (χ0v) is 8.92. The van der Waals surface area contributed by atoms with E-state index >= 15 is 0 Å². The number of ketones is 1. The highest BCUT2D eigenvalue weighted by Crippen LogP contribution is 2.06. The minimum atomic E-state index is 0.300. The lowest BCUT2D eigenvalue weighted by molar-refractivity contribution is -0.118. The standard InChI is InChI=1S/C12H17NO/c1-3-4-7-11(14)9-12-10(2)6-5-8-13-12/h5-6,8H,3-4,7,9H2,1-2H3. The van der Waals surface area contributed by atoms with Crippen LogP contribution >= 0.6 is 0 Å². The van der Waals surface area contributed by atoms with E-state index in [2.05, 4.69) is 11.9 Å². The van der Waals surface area contributed by atoms with Crippen LogP contribution in [0.25, 0.3) is 0 Å². The molecule has 2 nitrogen and oxygen atoms in total. The van der Waals surface area contributed by atoms with Crippen LogP contribution in [0.2, 0.25) is 0 Å². The van der Waals surface area contributed by atoms with E-state index in [0.717, 1.165) is 24.1 Å². The zero-order valence-electron chi connectivity index (χ0n) is 8.92. The Morgan fingerprint density at radius 1 is 1.50 bits per heavy atom. The van der Waals surface area contributed by atoms with Crippen LogP contribution in [0, 0.1) is 6.92 Å². The van der Waals surface area contributed by atoms with Crippen LogP contribution in [-0.4, -0.2) is 10.8 Å². The number of unbranched alkanes of at least 4 members (excludes halogenated alkanes) is 1. The van der Waals surface area contributed by atoms with Crippen LogP contribution in [0.1, 0.15) is 37.4 Å². The van der Waals surface area contributed by atoms with E-state index in [1.165, 1.54) is 0 Å². The van der Waals surface area contributed by atoms with Crippen LogP contribution in [0.4, 0.5) is 0 Å². The van der Waals surface area contributed by atoms with E-state index in [9.17, 15) is 4.79 Å². The summed E-state index contributed by atoms with van der Waals surface area (Å²) in [6.45, 7) is 4.09. The van der Waals surface area contributed by atoms with Crippen molar-refractivity contribution in [2.75, 3.05) is 0 Å². The van der Waals surface area contributed by atoms with Gasteiger partial charge in [-0.05, 0) is 25.0 Å². The van der Waals surface area contributed by atoms with Gasteiger partial charge in [0.15, 0.2) is 0 Å². The van der Waals surface area contributed by atoms with Crippen LogP contribution < -0.4 is 0 Å². The topological polar surface area (TPSA) is 30.0 Å². The second-order valence-electron chi connectivity index (χ2n) is 3.59. The molecule has 0 aromatic carbocycles. The molecule has 0 spiro atoms. The Morgan fingerprint density at radius 3 is 2.93 bits per heavy atom. The fourth-order valence-corrected chi connectivity index (χ4v) is 1.35. The van der Waals surface area contributed by atoms with Crippen molar-refractivity contribution < 1.29 is 4.79 Å². The third kappa shape index (κ3) is 3.29. The Bertz CT molecular complexity index is 307. The molecule has 1 rings (SSSR count). The number of hydrogen-bond acceptors (Lipinski definition) is 2. The summed E-state index contributed by atoms with van der Waals surface area (Å²) in [4.78, 5) is 15.7. The van der Waals surface area contributed by atoms with Crippen LogP contribution in [0.3, 0.4) is 0 Å². The number of hydrogen-bond donors (Lipinski definition) is 0. The largest absolute Gasteiger partial charge is 0.299 e. The van der Waals surface area contributed by atoms with Crippen molar-refractivity contribution >= 4 is 5.78 Å². The molecule has 0 aliphatic heterocycles. The molecule has 0 amide bonds. The molecular weight excluding hydrogens is 174 g/mol. The minimum Gasteiger partial charge on any atom is -0.299 e. The Labute approximate surface area is 85.4 Å². The van der Waals surface area contributed by atoms with Crippen LogP contribution in [-0.2, 0) is 11.2 Å². The summed E-state index contributed by atoms with van der Waals surface area (Å²) in [6.07, 6.45) is 4.99. The molecular formula is C12H17NO. The molecule has 1 aromatic heterocycles. The Balaban J connectivity index is 2.52. The molecule has 1 heterocycles. The number of nitrogens with zero attached hydrogens (tertiary/aromatic N) is 1. The highest BCUT2D eigenvalue weighted by Gasteiger charge is 2.05. The zero-order chi connectivity index (χ0) is 10.4. The molecule has 0 bridgehead atoms. The monoisotopic (exact) mass is 191 g/mol. The molecule has 0 aliphatic rings. The summed E-state index contributed by atoms with van der Waals surface area (Å²) in [6, 6.07) is 3.89. The average Bonchev–Trinajstić information content (AvgIpc) is 2.18. The summed E-state index contributed by atoms with van der Waals surface area (Å²) < 4.78 is 0. The van der Waals surface area contributed by atoms with Gasteiger partial charge in [-0.3, -0.25) is 9.78 Å². The first kappa shape index (κ1) is 10.9. The van der Waals surface area contributed by atoms with Crippen molar-refractivity contribution in [2.24, 2.45) is 0 Å². The maximum absolute atomic E-state index is 11.5. The Kier molecular flexibility index (Phi) is 4.30. The molecule has 0 atom stereocenters. The number of aryl methyl sites for hydroxylation is 1. The van der Waals surface area contributed by atoms with Gasteiger partial charge < -0.3 is 0 Å². The highest BCUT2D eigenvalue weighted by molar-refractivity contribution is 5.80. The van der Waals surface area contributed by atoms with E-state index in [1.807, 2.05) is 19.1 Å².